The molecule has 118 valence electrons. The molecule has 6 heteroatoms. The van der Waals surface area contributed by atoms with Crippen molar-refractivity contribution in [3.8, 4) is 5.75 Å². The molecule has 0 unspecified atom stereocenters. The molecule has 3 rings (SSSR count). The summed E-state index contributed by atoms with van der Waals surface area (Å²) in [5.41, 5.74) is 0.132. The van der Waals surface area contributed by atoms with Crippen molar-refractivity contribution in [3.05, 3.63) is 33.9 Å². The van der Waals surface area contributed by atoms with Gasteiger partial charge in [-0.1, -0.05) is 12.5 Å². The third-order valence-corrected chi connectivity index (χ3v) is 5.06. The monoisotopic (exact) mass is 303 g/mol. The molecule has 1 amide bonds. The van der Waals surface area contributed by atoms with Gasteiger partial charge in [0.2, 0.25) is 5.91 Å². The average molecular weight is 303 g/mol. The van der Waals surface area contributed by atoms with Crippen molar-refractivity contribution in [1.29, 1.82) is 0 Å². The number of nitrogens with zero attached hydrogens (tertiary/aromatic N) is 1. The van der Waals surface area contributed by atoms with Crippen LogP contribution >= 0.6 is 0 Å². The average Bonchev–Trinajstić information content (AvgIpc) is 3.08. The molecule has 0 aromatic heterocycles. The van der Waals surface area contributed by atoms with Gasteiger partial charge >= 0.3 is 0 Å². The maximum atomic E-state index is 12.0. The summed E-state index contributed by atoms with van der Waals surface area (Å²) in [7, 11) is 0. The van der Waals surface area contributed by atoms with Gasteiger partial charge < -0.3 is 10.4 Å². The van der Waals surface area contributed by atoms with Crippen molar-refractivity contribution < 1.29 is 14.8 Å². The highest BCUT2D eigenvalue weighted by Crippen LogP contribution is 2.49. The van der Waals surface area contributed by atoms with Crippen molar-refractivity contribution in [2.75, 3.05) is 0 Å². The molecule has 2 aliphatic rings. The Kier molecular flexibility index (Phi) is 4.00. The number of benzene rings is 1. The fraction of sp³-hybridized carbons (Fsp3) is 0.562. The molecular weight excluding hydrogens is 284 g/mol. The predicted octanol–water partition coefficient (Wildman–Crippen LogP) is 2.11. The second-order valence-electron chi connectivity index (χ2n) is 6.46. The molecule has 2 aliphatic carbocycles. The zero-order valence-electron chi connectivity index (χ0n) is 12.3. The van der Waals surface area contributed by atoms with E-state index in [2.05, 4.69) is 5.32 Å². The Hall–Kier alpha value is -2.11. The quantitative estimate of drug-likeness (QED) is 0.665. The summed E-state index contributed by atoms with van der Waals surface area (Å²) < 4.78 is 0. The van der Waals surface area contributed by atoms with Crippen LogP contribution in [-0.2, 0) is 11.3 Å². The third-order valence-electron chi connectivity index (χ3n) is 5.06. The minimum atomic E-state index is -0.542. The summed E-state index contributed by atoms with van der Waals surface area (Å²) >= 11 is 0. The molecule has 0 radical (unpaired) electrons. The smallest absolute Gasteiger partial charge is 0.269 e. The molecular formula is C16H19N2O4-. The van der Waals surface area contributed by atoms with Gasteiger partial charge in [0.1, 0.15) is 0 Å². The van der Waals surface area contributed by atoms with Crippen LogP contribution in [0.2, 0.25) is 0 Å². The minimum Gasteiger partial charge on any atom is -0.872 e. The fourth-order valence-electron chi connectivity index (χ4n) is 3.95. The number of fused-ring (bicyclic) bond motifs is 2. The van der Waals surface area contributed by atoms with E-state index in [1.54, 1.807) is 0 Å². The Morgan fingerprint density at radius 1 is 1.32 bits per heavy atom. The number of carbonyl (C=O) groups excluding carboxylic acids is 1. The highest BCUT2D eigenvalue weighted by atomic mass is 16.6. The van der Waals surface area contributed by atoms with Gasteiger partial charge in [0, 0.05) is 25.1 Å². The van der Waals surface area contributed by atoms with Gasteiger partial charge in [0.25, 0.3) is 5.69 Å². The van der Waals surface area contributed by atoms with E-state index in [4.69, 9.17) is 0 Å². The molecule has 0 aliphatic heterocycles. The van der Waals surface area contributed by atoms with Crippen LogP contribution in [-0.4, -0.2) is 10.8 Å². The Morgan fingerprint density at radius 3 is 2.77 bits per heavy atom. The molecule has 1 aromatic rings. The Labute approximate surface area is 128 Å². The zero-order valence-corrected chi connectivity index (χ0v) is 12.3. The summed E-state index contributed by atoms with van der Waals surface area (Å²) in [5.74, 6) is 1.60. The number of nitro groups is 1. The molecule has 6 nitrogen and oxygen atoms in total. The van der Waals surface area contributed by atoms with Crippen molar-refractivity contribution in [2.24, 2.45) is 17.8 Å². The normalized spacial score (nSPS) is 26.1. The number of amides is 1. The van der Waals surface area contributed by atoms with Crippen LogP contribution in [0.4, 0.5) is 5.69 Å². The Bertz CT molecular complexity index is 602. The van der Waals surface area contributed by atoms with E-state index < -0.39 is 4.92 Å². The number of nitro benzene ring substituents is 1. The number of nitrogens with one attached hydrogen (secondary N) is 1. The van der Waals surface area contributed by atoms with E-state index in [-0.39, 0.29) is 29.5 Å². The van der Waals surface area contributed by atoms with E-state index in [9.17, 15) is 20.0 Å². The van der Waals surface area contributed by atoms with Gasteiger partial charge in [-0.2, -0.15) is 0 Å². The molecule has 3 atom stereocenters. The Balaban J connectivity index is 1.54. The maximum Gasteiger partial charge on any atom is 0.269 e. The van der Waals surface area contributed by atoms with Crippen molar-refractivity contribution in [1.82, 2.24) is 5.32 Å². The van der Waals surface area contributed by atoms with Gasteiger partial charge in [-0.3, -0.25) is 14.9 Å². The molecule has 1 N–H and O–H groups in total. The molecule has 0 heterocycles. The first-order chi connectivity index (χ1) is 10.5. The summed E-state index contributed by atoms with van der Waals surface area (Å²) in [6.07, 6.45) is 5.44. The van der Waals surface area contributed by atoms with Crippen LogP contribution in [0.15, 0.2) is 18.2 Å². The lowest BCUT2D eigenvalue weighted by Crippen LogP contribution is -2.27. The van der Waals surface area contributed by atoms with E-state index in [1.807, 2.05) is 0 Å². The van der Waals surface area contributed by atoms with Crippen LogP contribution in [0.1, 0.15) is 37.7 Å². The number of hydrogen-bond donors (Lipinski definition) is 1. The van der Waals surface area contributed by atoms with Gasteiger partial charge in [-0.15, -0.1) is 5.75 Å². The van der Waals surface area contributed by atoms with Crippen LogP contribution in [0.25, 0.3) is 0 Å². The van der Waals surface area contributed by atoms with Crippen LogP contribution in [0, 0.1) is 27.9 Å². The Morgan fingerprint density at radius 2 is 2.14 bits per heavy atom. The van der Waals surface area contributed by atoms with Crippen molar-refractivity contribution >= 4 is 11.6 Å². The van der Waals surface area contributed by atoms with Crippen molar-refractivity contribution in [2.45, 2.75) is 38.6 Å². The molecule has 2 fully saturated rings. The number of carbonyl (C=O) groups is 1. The molecule has 2 saturated carbocycles. The van der Waals surface area contributed by atoms with Gasteiger partial charge in [0.15, 0.2) is 0 Å². The molecule has 22 heavy (non-hydrogen) atoms. The van der Waals surface area contributed by atoms with E-state index in [0.29, 0.717) is 18.3 Å². The van der Waals surface area contributed by atoms with Gasteiger partial charge in [-0.25, -0.2) is 0 Å². The predicted molar refractivity (Wildman–Crippen MR) is 77.9 cm³/mol. The SMILES string of the molecule is O=C(C[C@H]1C[C@H]2CC[C@@H]1C2)NCc1cc([N+](=O)[O-])ccc1[O-]. The van der Waals surface area contributed by atoms with Gasteiger partial charge in [-0.05, 0) is 42.6 Å². The largest absolute Gasteiger partial charge is 0.872 e. The van der Waals surface area contributed by atoms with Crippen molar-refractivity contribution in [3.63, 3.8) is 0 Å². The molecule has 0 saturated heterocycles. The standard InChI is InChI=1S/C16H20N2O4/c19-15-4-3-14(18(21)22)7-13(15)9-17-16(20)8-12-6-10-1-2-11(12)5-10/h3-4,7,10-12,19H,1-2,5-6,8-9H2,(H,17,20)/p-1/t10-,11+,12+/m0/s1. The molecule has 2 bridgehead atoms. The number of non-ortho nitro benzene ring substituents is 1. The van der Waals surface area contributed by atoms with Crippen LogP contribution < -0.4 is 10.4 Å². The lowest BCUT2D eigenvalue weighted by molar-refractivity contribution is -0.385. The lowest BCUT2D eigenvalue weighted by Gasteiger charge is -2.21. The second-order valence-corrected chi connectivity index (χ2v) is 6.46. The first kappa shape index (κ1) is 14.8. The van der Waals surface area contributed by atoms with Gasteiger partial charge in [0.05, 0.1) is 4.92 Å². The highest BCUT2D eigenvalue weighted by molar-refractivity contribution is 5.76. The summed E-state index contributed by atoms with van der Waals surface area (Å²) in [6.45, 7) is 0.0557. The van der Waals surface area contributed by atoms with Crippen LogP contribution in [0.3, 0.4) is 0 Å². The number of hydrogen-bond acceptors (Lipinski definition) is 4. The summed E-state index contributed by atoms with van der Waals surface area (Å²) in [5, 5.41) is 25.1. The lowest BCUT2D eigenvalue weighted by atomic mass is 9.86. The topological polar surface area (TPSA) is 95.3 Å². The maximum absolute atomic E-state index is 12.0. The summed E-state index contributed by atoms with van der Waals surface area (Å²) in [6, 6.07) is 3.60. The minimum absolute atomic E-state index is 0.0557. The molecule has 0 spiro atoms. The highest BCUT2D eigenvalue weighted by Gasteiger charge is 2.39. The van der Waals surface area contributed by atoms with E-state index >= 15 is 0 Å². The third kappa shape index (κ3) is 3.05. The summed E-state index contributed by atoms with van der Waals surface area (Å²) in [4.78, 5) is 22.2. The first-order valence-electron chi connectivity index (χ1n) is 7.74. The van der Waals surface area contributed by atoms with E-state index in [0.717, 1.165) is 12.3 Å². The molecule has 1 aromatic carbocycles. The van der Waals surface area contributed by atoms with E-state index in [1.165, 1.54) is 37.5 Å². The van der Waals surface area contributed by atoms with Crippen LogP contribution in [0.5, 0.6) is 5.75 Å². The first-order valence-corrected chi connectivity index (χ1v) is 7.74. The second kappa shape index (κ2) is 5.94. The number of rotatable bonds is 5. The fourth-order valence-corrected chi connectivity index (χ4v) is 3.95. The zero-order chi connectivity index (χ0) is 15.7.